The molecule has 2 aliphatic carbocycles. The first-order chi connectivity index (χ1) is 13.2. The Bertz CT molecular complexity index is 886. The summed E-state index contributed by atoms with van der Waals surface area (Å²) in [4.78, 5) is 4.64. The molecule has 0 radical (unpaired) electrons. The summed E-state index contributed by atoms with van der Waals surface area (Å²) in [7, 11) is 0. The fraction of sp³-hybridized carbons (Fsp3) is 0.522. The normalized spacial score (nSPS) is 21.1. The number of aryl methyl sites for hydroxylation is 1. The van der Waals surface area contributed by atoms with Crippen LogP contribution in [0.1, 0.15) is 54.0 Å². The molecule has 1 aromatic carbocycles. The van der Waals surface area contributed by atoms with Gasteiger partial charge in [0.25, 0.3) is 0 Å². The van der Waals surface area contributed by atoms with Gasteiger partial charge in [-0.15, -0.1) is 0 Å². The minimum absolute atomic E-state index is 0.197. The van der Waals surface area contributed by atoms with Crippen molar-refractivity contribution in [2.45, 2.75) is 51.7 Å². The molecule has 27 heavy (non-hydrogen) atoms. The lowest BCUT2D eigenvalue weighted by Crippen LogP contribution is -2.34. The van der Waals surface area contributed by atoms with Crippen LogP contribution >= 0.6 is 0 Å². The van der Waals surface area contributed by atoms with E-state index in [1.807, 2.05) is 0 Å². The quantitative estimate of drug-likeness (QED) is 0.770. The van der Waals surface area contributed by atoms with Gasteiger partial charge in [-0.25, -0.2) is 4.98 Å². The highest BCUT2D eigenvalue weighted by Crippen LogP contribution is 2.48. The van der Waals surface area contributed by atoms with Gasteiger partial charge in [-0.2, -0.15) is 0 Å². The molecular weight excluding hydrogens is 338 g/mol. The topological polar surface area (TPSA) is 44.5 Å². The molecule has 2 heterocycles. The van der Waals surface area contributed by atoms with E-state index in [4.69, 9.17) is 13.9 Å². The standard InChI is InChI=1S/C23H25NO3/c1-16-2-3-18(7-6-17-4-5-17)10-19(16)11-21-24-20(13-25-21)12-22-26-14-23(8-9-23)15-27-22/h2-3,10,13,17,22H,4-5,8-9,11-12,14-15H2,1H3. The molecule has 4 heteroatoms. The van der Waals surface area contributed by atoms with Crippen LogP contribution in [0.25, 0.3) is 0 Å². The van der Waals surface area contributed by atoms with E-state index in [9.17, 15) is 0 Å². The summed E-state index contributed by atoms with van der Waals surface area (Å²) in [6, 6.07) is 6.39. The molecule has 4 nitrogen and oxygen atoms in total. The zero-order valence-corrected chi connectivity index (χ0v) is 15.8. The molecule has 0 N–H and O–H groups in total. The third-order valence-corrected chi connectivity index (χ3v) is 5.77. The summed E-state index contributed by atoms with van der Waals surface area (Å²) in [5.74, 6) is 7.97. The van der Waals surface area contributed by atoms with E-state index < -0.39 is 0 Å². The van der Waals surface area contributed by atoms with Crippen molar-refractivity contribution >= 4 is 0 Å². The molecule has 3 fully saturated rings. The van der Waals surface area contributed by atoms with E-state index in [0.717, 1.165) is 30.4 Å². The monoisotopic (exact) mass is 363 g/mol. The van der Waals surface area contributed by atoms with E-state index in [2.05, 4.69) is 41.9 Å². The molecule has 140 valence electrons. The predicted octanol–water partition coefficient (Wildman–Crippen LogP) is 4.03. The van der Waals surface area contributed by atoms with Crippen molar-refractivity contribution in [2.75, 3.05) is 13.2 Å². The Labute approximate surface area is 160 Å². The highest BCUT2D eigenvalue weighted by Gasteiger charge is 2.46. The minimum atomic E-state index is -0.197. The first-order valence-corrected chi connectivity index (χ1v) is 9.95. The molecular formula is C23H25NO3. The molecule has 3 aliphatic rings. The second kappa shape index (κ2) is 6.82. The molecule has 0 amide bonds. The predicted molar refractivity (Wildman–Crippen MR) is 101 cm³/mol. The number of rotatable bonds is 4. The van der Waals surface area contributed by atoms with Gasteiger partial charge in [0.05, 0.1) is 18.9 Å². The lowest BCUT2D eigenvalue weighted by molar-refractivity contribution is -0.206. The number of oxazole rings is 1. The zero-order chi connectivity index (χ0) is 18.3. The van der Waals surface area contributed by atoms with Crippen molar-refractivity contribution < 1.29 is 13.9 Å². The van der Waals surface area contributed by atoms with Crippen LogP contribution in [-0.4, -0.2) is 24.5 Å². The van der Waals surface area contributed by atoms with Gasteiger partial charge >= 0.3 is 0 Å². The maximum Gasteiger partial charge on any atom is 0.198 e. The summed E-state index contributed by atoms with van der Waals surface area (Å²) < 4.78 is 17.4. The molecule has 2 aromatic rings. The van der Waals surface area contributed by atoms with Crippen molar-refractivity contribution in [3.63, 3.8) is 0 Å². The molecule has 0 bridgehead atoms. The maximum atomic E-state index is 5.85. The molecule has 5 rings (SSSR count). The Balaban J connectivity index is 1.22. The van der Waals surface area contributed by atoms with E-state index >= 15 is 0 Å². The van der Waals surface area contributed by atoms with Gasteiger partial charge in [-0.3, -0.25) is 0 Å². The van der Waals surface area contributed by atoms with Gasteiger partial charge in [0.1, 0.15) is 6.26 Å². The Morgan fingerprint density at radius 3 is 2.74 bits per heavy atom. The van der Waals surface area contributed by atoms with E-state index in [1.165, 1.54) is 36.8 Å². The molecule has 1 aromatic heterocycles. The Morgan fingerprint density at radius 1 is 1.19 bits per heavy atom. The number of hydrogen-bond donors (Lipinski definition) is 0. The van der Waals surface area contributed by atoms with E-state index in [0.29, 0.717) is 24.2 Å². The molecule has 1 aliphatic heterocycles. The van der Waals surface area contributed by atoms with Crippen LogP contribution in [0.2, 0.25) is 0 Å². The third-order valence-electron chi connectivity index (χ3n) is 5.77. The van der Waals surface area contributed by atoms with Gasteiger partial charge in [0.15, 0.2) is 12.2 Å². The summed E-state index contributed by atoms with van der Waals surface area (Å²) in [6.07, 6.45) is 7.83. The third kappa shape index (κ3) is 4.10. The first-order valence-electron chi connectivity index (χ1n) is 9.95. The summed E-state index contributed by atoms with van der Waals surface area (Å²) in [5.41, 5.74) is 4.75. The van der Waals surface area contributed by atoms with Gasteiger partial charge in [-0.05, 0) is 55.9 Å². The first kappa shape index (κ1) is 17.0. The largest absolute Gasteiger partial charge is 0.448 e. The highest BCUT2D eigenvalue weighted by molar-refractivity contribution is 5.42. The smallest absolute Gasteiger partial charge is 0.198 e. The molecule has 1 saturated heterocycles. The SMILES string of the molecule is Cc1ccc(C#CC2CC2)cc1Cc1nc(CC2OCC3(CC3)CO2)co1. The minimum Gasteiger partial charge on any atom is -0.448 e. The summed E-state index contributed by atoms with van der Waals surface area (Å²) in [5, 5.41) is 0. The number of hydrogen-bond acceptors (Lipinski definition) is 4. The highest BCUT2D eigenvalue weighted by atomic mass is 16.7. The maximum absolute atomic E-state index is 5.85. The fourth-order valence-corrected chi connectivity index (χ4v) is 3.42. The van der Waals surface area contributed by atoms with Gasteiger partial charge in [0, 0.05) is 29.7 Å². The van der Waals surface area contributed by atoms with Crippen molar-refractivity contribution in [2.24, 2.45) is 11.3 Å². The molecule has 1 spiro atoms. The Hall–Kier alpha value is -2.09. The Kier molecular flexibility index (Phi) is 4.30. The van der Waals surface area contributed by atoms with Gasteiger partial charge < -0.3 is 13.9 Å². The molecule has 0 unspecified atom stereocenters. The lowest BCUT2D eigenvalue weighted by Gasteiger charge is -2.28. The van der Waals surface area contributed by atoms with Crippen LogP contribution in [-0.2, 0) is 22.3 Å². The van der Waals surface area contributed by atoms with Gasteiger partial charge in [0.2, 0.25) is 0 Å². The Morgan fingerprint density at radius 2 is 2.00 bits per heavy atom. The number of ether oxygens (including phenoxy) is 2. The second-order valence-electron chi connectivity index (χ2n) is 8.35. The van der Waals surface area contributed by atoms with Crippen molar-refractivity contribution in [1.29, 1.82) is 0 Å². The average molecular weight is 363 g/mol. The van der Waals surface area contributed by atoms with Gasteiger partial charge in [-0.1, -0.05) is 17.9 Å². The number of benzene rings is 1. The van der Waals surface area contributed by atoms with Crippen LogP contribution in [0.15, 0.2) is 28.9 Å². The lowest BCUT2D eigenvalue weighted by atomic mass is 10.0. The molecule has 0 atom stereocenters. The second-order valence-corrected chi connectivity index (χ2v) is 8.35. The van der Waals surface area contributed by atoms with Crippen LogP contribution in [0.4, 0.5) is 0 Å². The number of aromatic nitrogens is 1. The molecule has 2 saturated carbocycles. The number of nitrogens with zero attached hydrogens (tertiary/aromatic N) is 1. The fourth-order valence-electron chi connectivity index (χ4n) is 3.42. The average Bonchev–Trinajstić information content (AvgIpc) is 3.60. The van der Waals surface area contributed by atoms with Crippen molar-refractivity contribution in [1.82, 2.24) is 4.98 Å². The van der Waals surface area contributed by atoms with Crippen LogP contribution < -0.4 is 0 Å². The summed E-state index contributed by atoms with van der Waals surface area (Å²) >= 11 is 0. The van der Waals surface area contributed by atoms with E-state index in [-0.39, 0.29) is 6.29 Å². The van der Waals surface area contributed by atoms with Crippen LogP contribution in [0.5, 0.6) is 0 Å². The zero-order valence-electron chi connectivity index (χ0n) is 15.8. The van der Waals surface area contributed by atoms with E-state index in [1.54, 1.807) is 6.26 Å². The van der Waals surface area contributed by atoms with Crippen LogP contribution in [0, 0.1) is 30.1 Å². The van der Waals surface area contributed by atoms with Crippen molar-refractivity contribution in [3.8, 4) is 11.8 Å². The van der Waals surface area contributed by atoms with Crippen LogP contribution in [0.3, 0.4) is 0 Å². The summed E-state index contributed by atoms with van der Waals surface area (Å²) in [6.45, 7) is 3.75. The van der Waals surface area contributed by atoms with Crippen molar-refractivity contribution in [3.05, 3.63) is 52.7 Å².